The zero-order valence-electron chi connectivity index (χ0n) is 7.00. The van der Waals surface area contributed by atoms with Crippen LogP contribution in [0.3, 0.4) is 0 Å². The zero-order valence-corrected chi connectivity index (χ0v) is 8.52. The maximum Gasteiger partial charge on any atom is 0.0820 e. The van der Waals surface area contributed by atoms with E-state index in [-0.39, 0.29) is 0 Å². The lowest BCUT2D eigenvalue weighted by atomic mass is 9.92. The number of halogens is 2. The molecule has 1 heterocycles. The Labute approximate surface area is 87.3 Å². The summed E-state index contributed by atoms with van der Waals surface area (Å²) in [7, 11) is 0. The summed E-state index contributed by atoms with van der Waals surface area (Å²) in [6.45, 7) is 0. The summed E-state index contributed by atoms with van der Waals surface area (Å²) in [5, 5.41) is 4.32. The maximum absolute atomic E-state index is 5.93. The van der Waals surface area contributed by atoms with E-state index in [2.05, 4.69) is 10.3 Å². The van der Waals surface area contributed by atoms with Gasteiger partial charge in [0.05, 0.1) is 10.7 Å². The Balaban J connectivity index is 1.98. The molecule has 1 aliphatic rings. The molecule has 1 saturated carbocycles. The van der Waals surface area contributed by atoms with Crippen LogP contribution in [0.4, 0.5) is 5.69 Å². The van der Waals surface area contributed by atoms with Gasteiger partial charge in [0.1, 0.15) is 0 Å². The molecule has 0 bridgehead atoms. The molecule has 0 radical (unpaired) electrons. The van der Waals surface area contributed by atoms with Gasteiger partial charge < -0.3 is 5.32 Å². The molecule has 0 saturated heterocycles. The number of aromatic nitrogens is 1. The molecule has 1 aromatic rings. The molecule has 0 aromatic carbocycles. The number of rotatable bonds is 2. The van der Waals surface area contributed by atoms with Crippen LogP contribution in [0.2, 0.25) is 5.02 Å². The highest BCUT2D eigenvalue weighted by atomic mass is 35.5. The molecule has 1 aromatic heterocycles. The van der Waals surface area contributed by atoms with Crippen molar-refractivity contribution >= 4 is 28.9 Å². The number of hydrogen-bond acceptors (Lipinski definition) is 2. The van der Waals surface area contributed by atoms with Gasteiger partial charge in [-0.3, -0.25) is 4.98 Å². The van der Waals surface area contributed by atoms with Crippen molar-refractivity contribution in [3.8, 4) is 0 Å². The van der Waals surface area contributed by atoms with Crippen molar-refractivity contribution in [2.45, 2.75) is 24.3 Å². The van der Waals surface area contributed by atoms with Gasteiger partial charge in [-0.15, -0.1) is 11.6 Å². The number of hydrogen-bond donors (Lipinski definition) is 1. The highest BCUT2D eigenvalue weighted by molar-refractivity contribution is 6.33. The Kier molecular flexibility index (Phi) is 2.61. The fourth-order valence-corrected chi connectivity index (χ4v) is 1.98. The first-order valence-corrected chi connectivity index (χ1v) is 5.07. The van der Waals surface area contributed by atoms with Crippen LogP contribution in [-0.2, 0) is 0 Å². The summed E-state index contributed by atoms with van der Waals surface area (Å²) in [6, 6.07) is 2.35. The summed E-state index contributed by atoms with van der Waals surface area (Å²) in [5.74, 6) is 0. The molecular weight excluding hydrogens is 207 g/mol. The third kappa shape index (κ3) is 2.06. The van der Waals surface area contributed by atoms with Crippen molar-refractivity contribution in [3.63, 3.8) is 0 Å². The zero-order chi connectivity index (χ0) is 9.26. The summed E-state index contributed by atoms with van der Waals surface area (Å²) < 4.78 is 0. The molecule has 0 atom stereocenters. The fourth-order valence-electron chi connectivity index (χ4n) is 1.38. The van der Waals surface area contributed by atoms with Crippen molar-refractivity contribution in [3.05, 3.63) is 23.5 Å². The number of nitrogens with one attached hydrogen (secondary N) is 1. The minimum Gasteiger partial charge on any atom is -0.381 e. The lowest BCUT2D eigenvalue weighted by Gasteiger charge is -2.32. The van der Waals surface area contributed by atoms with Crippen LogP contribution in [0.5, 0.6) is 0 Å². The SMILES string of the molecule is Clc1cnccc1NC1CC(Cl)C1. The predicted molar refractivity (Wildman–Crippen MR) is 55.5 cm³/mol. The molecule has 2 rings (SSSR count). The maximum atomic E-state index is 5.93. The van der Waals surface area contributed by atoms with Gasteiger partial charge in [0.2, 0.25) is 0 Å². The highest BCUT2D eigenvalue weighted by Gasteiger charge is 2.27. The molecule has 1 N–H and O–H groups in total. The first kappa shape index (κ1) is 9.10. The molecule has 70 valence electrons. The van der Waals surface area contributed by atoms with Crippen LogP contribution in [-0.4, -0.2) is 16.4 Å². The highest BCUT2D eigenvalue weighted by Crippen LogP contribution is 2.30. The monoisotopic (exact) mass is 216 g/mol. The van der Waals surface area contributed by atoms with Crippen molar-refractivity contribution in [2.75, 3.05) is 5.32 Å². The number of anilines is 1. The van der Waals surface area contributed by atoms with Crippen LogP contribution in [0.1, 0.15) is 12.8 Å². The van der Waals surface area contributed by atoms with E-state index >= 15 is 0 Å². The Morgan fingerprint density at radius 2 is 2.23 bits per heavy atom. The van der Waals surface area contributed by atoms with E-state index in [0.717, 1.165) is 18.5 Å². The van der Waals surface area contributed by atoms with Gasteiger partial charge in [0.25, 0.3) is 0 Å². The van der Waals surface area contributed by atoms with Gasteiger partial charge >= 0.3 is 0 Å². The van der Waals surface area contributed by atoms with Crippen LogP contribution in [0.15, 0.2) is 18.5 Å². The van der Waals surface area contributed by atoms with Crippen molar-refractivity contribution < 1.29 is 0 Å². The van der Waals surface area contributed by atoms with E-state index in [1.807, 2.05) is 6.07 Å². The predicted octanol–water partition coefficient (Wildman–Crippen LogP) is 2.92. The molecule has 0 amide bonds. The van der Waals surface area contributed by atoms with Crippen LogP contribution in [0, 0.1) is 0 Å². The lowest BCUT2D eigenvalue weighted by Crippen LogP contribution is -2.36. The molecule has 4 heteroatoms. The minimum atomic E-state index is 0.332. The lowest BCUT2D eigenvalue weighted by molar-refractivity contribution is 0.455. The number of nitrogens with zero attached hydrogens (tertiary/aromatic N) is 1. The first-order chi connectivity index (χ1) is 6.25. The van der Waals surface area contributed by atoms with Crippen LogP contribution < -0.4 is 5.32 Å². The van der Waals surface area contributed by atoms with E-state index < -0.39 is 0 Å². The van der Waals surface area contributed by atoms with Gasteiger partial charge in [-0.2, -0.15) is 0 Å². The average molecular weight is 217 g/mol. The topological polar surface area (TPSA) is 24.9 Å². The summed E-state index contributed by atoms with van der Waals surface area (Å²) in [4.78, 5) is 3.91. The average Bonchev–Trinajstić information content (AvgIpc) is 2.06. The Morgan fingerprint density at radius 1 is 1.46 bits per heavy atom. The quantitative estimate of drug-likeness (QED) is 0.770. The second kappa shape index (κ2) is 3.72. The smallest absolute Gasteiger partial charge is 0.0820 e. The second-order valence-electron chi connectivity index (χ2n) is 3.27. The standard InChI is InChI=1S/C9H10Cl2N2/c10-6-3-7(4-6)13-9-1-2-12-5-8(9)11/h1-2,5-7H,3-4H2,(H,12,13). The van der Waals surface area contributed by atoms with E-state index in [1.165, 1.54) is 0 Å². The minimum absolute atomic E-state index is 0.332. The fraction of sp³-hybridized carbons (Fsp3) is 0.444. The Hall–Kier alpha value is -0.470. The third-order valence-corrected chi connectivity index (χ3v) is 2.87. The normalized spacial score (nSPS) is 26.6. The van der Waals surface area contributed by atoms with Crippen LogP contribution >= 0.6 is 23.2 Å². The number of pyridine rings is 1. The van der Waals surface area contributed by atoms with Gasteiger partial charge in [-0.1, -0.05) is 11.6 Å². The largest absolute Gasteiger partial charge is 0.381 e. The number of alkyl halides is 1. The van der Waals surface area contributed by atoms with E-state index in [1.54, 1.807) is 12.4 Å². The Bertz CT molecular complexity index is 297. The molecule has 0 unspecified atom stereocenters. The second-order valence-corrected chi connectivity index (χ2v) is 4.29. The van der Waals surface area contributed by atoms with Crippen molar-refractivity contribution in [1.82, 2.24) is 4.98 Å². The van der Waals surface area contributed by atoms with Crippen molar-refractivity contribution in [1.29, 1.82) is 0 Å². The molecule has 1 fully saturated rings. The summed E-state index contributed by atoms with van der Waals surface area (Å²) in [5.41, 5.74) is 0.949. The van der Waals surface area contributed by atoms with E-state index in [4.69, 9.17) is 23.2 Å². The van der Waals surface area contributed by atoms with Gasteiger partial charge in [-0.05, 0) is 18.9 Å². The molecule has 0 aliphatic heterocycles. The van der Waals surface area contributed by atoms with E-state index in [0.29, 0.717) is 16.4 Å². The molecule has 13 heavy (non-hydrogen) atoms. The Morgan fingerprint density at radius 3 is 2.85 bits per heavy atom. The molecule has 2 nitrogen and oxygen atoms in total. The summed E-state index contributed by atoms with van der Waals surface area (Å²) in [6.07, 6.45) is 5.40. The molecule has 1 aliphatic carbocycles. The molecular formula is C9H10Cl2N2. The van der Waals surface area contributed by atoms with Gasteiger partial charge in [-0.25, -0.2) is 0 Å². The third-order valence-electron chi connectivity index (χ3n) is 2.21. The molecule has 0 spiro atoms. The van der Waals surface area contributed by atoms with E-state index in [9.17, 15) is 0 Å². The van der Waals surface area contributed by atoms with Crippen molar-refractivity contribution in [2.24, 2.45) is 0 Å². The van der Waals surface area contributed by atoms with Crippen LogP contribution in [0.25, 0.3) is 0 Å². The summed E-state index contributed by atoms with van der Waals surface area (Å²) >= 11 is 11.8. The van der Waals surface area contributed by atoms with Gasteiger partial charge in [0.15, 0.2) is 0 Å². The first-order valence-electron chi connectivity index (χ1n) is 4.26. The van der Waals surface area contributed by atoms with Gasteiger partial charge in [0, 0.05) is 23.8 Å².